The minimum atomic E-state index is 0.0663. The zero-order chi connectivity index (χ0) is 19.3. The lowest BCUT2D eigenvalue weighted by atomic mass is 9.96. The van der Waals surface area contributed by atoms with Crippen LogP contribution in [0.25, 0.3) is 0 Å². The monoisotopic (exact) mass is 377 g/mol. The van der Waals surface area contributed by atoms with Gasteiger partial charge in [0.1, 0.15) is 0 Å². The van der Waals surface area contributed by atoms with Crippen molar-refractivity contribution in [2.24, 2.45) is 11.8 Å². The standard InChI is InChI=1S/C24H31N3O/c1-19-13-15-27(16-19)23-11-9-22(10-12-23)25-24(28)21-8-5-14-26(18-21)17-20-6-3-2-4-7-20/h2-4,6-7,9-12,19,21H,5,8,13-18H2,1H3,(H,25,28). The van der Waals surface area contributed by atoms with Crippen LogP contribution >= 0.6 is 0 Å². The fourth-order valence-electron chi connectivity index (χ4n) is 4.42. The molecule has 1 N–H and O–H groups in total. The molecule has 2 atom stereocenters. The largest absolute Gasteiger partial charge is 0.371 e. The highest BCUT2D eigenvalue weighted by Crippen LogP contribution is 2.25. The fraction of sp³-hybridized carbons (Fsp3) is 0.458. The third kappa shape index (κ3) is 4.74. The molecule has 0 aliphatic carbocycles. The van der Waals surface area contributed by atoms with E-state index >= 15 is 0 Å². The predicted molar refractivity (Wildman–Crippen MR) is 116 cm³/mol. The third-order valence-electron chi connectivity index (χ3n) is 6.05. The SMILES string of the molecule is CC1CCN(c2ccc(NC(=O)C3CCCN(Cc4ccccc4)C3)cc2)C1. The number of anilines is 2. The Bertz CT molecular complexity index is 774. The van der Waals surface area contributed by atoms with E-state index in [9.17, 15) is 4.79 Å². The first-order valence-electron chi connectivity index (χ1n) is 10.6. The lowest BCUT2D eigenvalue weighted by Gasteiger charge is -2.32. The first-order chi connectivity index (χ1) is 13.7. The number of amides is 1. The Labute approximate surface area is 168 Å². The second-order valence-corrected chi connectivity index (χ2v) is 8.44. The molecule has 0 radical (unpaired) electrons. The molecule has 2 saturated heterocycles. The quantitative estimate of drug-likeness (QED) is 0.840. The highest BCUT2D eigenvalue weighted by molar-refractivity contribution is 5.92. The van der Waals surface area contributed by atoms with E-state index in [0.717, 1.165) is 57.2 Å². The second kappa shape index (κ2) is 8.78. The van der Waals surface area contributed by atoms with Gasteiger partial charge in [-0.3, -0.25) is 9.69 Å². The van der Waals surface area contributed by atoms with Crippen LogP contribution in [0, 0.1) is 11.8 Å². The van der Waals surface area contributed by atoms with Crippen molar-refractivity contribution < 1.29 is 4.79 Å². The molecule has 2 aromatic rings. The summed E-state index contributed by atoms with van der Waals surface area (Å²) in [7, 11) is 0. The molecule has 148 valence electrons. The molecule has 2 heterocycles. The van der Waals surface area contributed by atoms with E-state index in [-0.39, 0.29) is 11.8 Å². The van der Waals surface area contributed by atoms with Gasteiger partial charge < -0.3 is 10.2 Å². The van der Waals surface area contributed by atoms with Gasteiger partial charge in [0.2, 0.25) is 5.91 Å². The predicted octanol–water partition coefficient (Wildman–Crippen LogP) is 4.38. The molecule has 28 heavy (non-hydrogen) atoms. The lowest BCUT2D eigenvalue weighted by Crippen LogP contribution is -2.40. The Morgan fingerprint density at radius 3 is 2.50 bits per heavy atom. The van der Waals surface area contributed by atoms with Crippen molar-refractivity contribution in [3.8, 4) is 0 Å². The van der Waals surface area contributed by atoms with Crippen LogP contribution < -0.4 is 10.2 Å². The van der Waals surface area contributed by atoms with E-state index in [1.54, 1.807) is 0 Å². The van der Waals surface area contributed by atoms with Crippen molar-refractivity contribution in [3.63, 3.8) is 0 Å². The van der Waals surface area contributed by atoms with Gasteiger partial charge >= 0.3 is 0 Å². The Balaban J connectivity index is 1.31. The number of carbonyl (C=O) groups is 1. The van der Waals surface area contributed by atoms with Gasteiger partial charge in [-0.05, 0) is 61.6 Å². The number of nitrogens with zero attached hydrogens (tertiary/aromatic N) is 2. The first kappa shape index (κ1) is 19.0. The van der Waals surface area contributed by atoms with Crippen LogP contribution in [0.3, 0.4) is 0 Å². The summed E-state index contributed by atoms with van der Waals surface area (Å²) in [6, 6.07) is 18.9. The van der Waals surface area contributed by atoms with Gasteiger partial charge in [-0.25, -0.2) is 0 Å². The Morgan fingerprint density at radius 2 is 1.79 bits per heavy atom. The number of hydrogen-bond acceptors (Lipinski definition) is 3. The third-order valence-corrected chi connectivity index (χ3v) is 6.05. The molecule has 4 rings (SSSR count). The summed E-state index contributed by atoms with van der Waals surface area (Å²) in [5, 5.41) is 3.14. The van der Waals surface area contributed by atoms with E-state index in [2.05, 4.69) is 58.4 Å². The fourth-order valence-corrected chi connectivity index (χ4v) is 4.42. The first-order valence-corrected chi connectivity index (χ1v) is 10.6. The lowest BCUT2D eigenvalue weighted by molar-refractivity contribution is -0.121. The number of piperidine rings is 1. The van der Waals surface area contributed by atoms with Gasteiger partial charge in [0.05, 0.1) is 5.92 Å². The molecular formula is C24H31N3O. The van der Waals surface area contributed by atoms with Crippen molar-refractivity contribution in [3.05, 3.63) is 60.2 Å². The molecule has 4 heteroatoms. The van der Waals surface area contributed by atoms with E-state index in [1.165, 1.54) is 17.7 Å². The maximum atomic E-state index is 12.8. The van der Waals surface area contributed by atoms with Crippen molar-refractivity contribution in [1.29, 1.82) is 0 Å². The molecular weight excluding hydrogens is 346 g/mol. The Morgan fingerprint density at radius 1 is 1.00 bits per heavy atom. The van der Waals surface area contributed by atoms with Gasteiger partial charge in [0.15, 0.2) is 0 Å². The molecule has 4 nitrogen and oxygen atoms in total. The Kier molecular flexibility index (Phi) is 5.96. The molecule has 2 aromatic carbocycles. The number of hydrogen-bond donors (Lipinski definition) is 1. The summed E-state index contributed by atoms with van der Waals surface area (Å²) >= 11 is 0. The summed E-state index contributed by atoms with van der Waals surface area (Å²) in [6.07, 6.45) is 3.32. The maximum absolute atomic E-state index is 12.8. The van der Waals surface area contributed by atoms with Gasteiger partial charge in [-0.15, -0.1) is 0 Å². The van der Waals surface area contributed by atoms with Crippen molar-refractivity contribution in [2.45, 2.75) is 32.7 Å². The maximum Gasteiger partial charge on any atom is 0.228 e. The second-order valence-electron chi connectivity index (χ2n) is 8.44. The molecule has 2 aliphatic heterocycles. The Hall–Kier alpha value is -2.33. The molecule has 2 fully saturated rings. The number of likely N-dealkylation sites (tertiary alicyclic amines) is 1. The van der Waals surface area contributed by atoms with Crippen LogP contribution in [0.2, 0.25) is 0 Å². The zero-order valence-corrected chi connectivity index (χ0v) is 16.8. The highest BCUT2D eigenvalue weighted by Gasteiger charge is 2.26. The zero-order valence-electron chi connectivity index (χ0n) is 16.8. The molecule has 0 spiro atoms. The number of rotatable bonds is 5. The van der Waals surface area contributed by atoms with Crippen LogP contribution in [-0.2, 0) is 11.3 Å². The van der Waals surface area contributed by atoms with Gasteiger partial charge in [0, 0.05) is 37.6 Å². The van der Waals surface area contributed by atoms with Gasteiger partial charge in [0.25, 0.3) is 0 Å². The van der Waals surface area contributed by atoms with Crippen LogP contribution in [0.15, 0.2) is 54.6 Å². The van der Waals surface area contributed by atoms with Gasteiger partial charge in [-0.1, -0.05) is 37.3 Å². The molecule has 2 unspecified atom stereocenters. The number of nitrogens with one attached hydrogen (secondary N) is 1. The van der Waals surface area contributed by atoms with Crippen molar-refractivity contribution >= 4 is 17.3 Å². The minimum Gasteiger partial charge on any atom is -0.371 e. The summed E-state index contributed by atoms with van der Waals surface area (Å²) in [6.45, 7) is 7.40. The summed E-state index contributed by atoms with van der Waals surface area (Å²) < 4.78 is 0. The van der Waals surface area contributed by atoms with Crippen LogP contribution in [-0.4, -0.2) is 37.0 Å². The summed E-state index contributed by atoms with van der Waals surface area (Å²) in [5.41, 5.74) is 3.48. The highest BCUT2D eigenvalue weighted by atomic mass is 16.1. The summed E-state index contributed by atoms with van der Waals surface area (Å²) in [5.74, 6) is 0.987. The minimum absolute atomic E-state index is 0.0663. The summed E-state index contributed by atoms with van der Waals surface area (Å²) in [4.78, 5) is 17.6. The molecule has 0 saturated carbocycles. The van der Waals surface area contributed by atoms with E-state index in [0.29, 0.717) is 0 Å². The molecule has 0 aromatic heterocycles. The van der Waals surface area contributed by atoms with Gasteiger partial charge in [-0.2, -0.15) is 0 Å². The van der Waals surface area contributed by atoms with Crippen molar-refractivity contribution in [1.82, 2.24) is 4.90 Å². The number of benzene rings is 2. The topological polar surface area (TPSA) is 35.6 Å². The normalized spacial score (nSPS) is 23.0. The molecule has 1 amide bonds. The van der Waals surface area contributed by atoms with Crippen LogP contribution in [0.4, 0.5) is 11.4 Å². The molecule has 0 bridgehead atoms. The average Bonchev–Trinajstić information content (AvgIpc) is 3.16. The number of carbonyl (C=O) groups excluding carboxylic acids is 1. The van der Waals surface area contributed by atoms with Crippen LogP contribution in [0.5, 0.6) is 0 Å². The van der Waals surface area contributed by atoms with Crippen molar-refractivity contribution in [2.75, 3.05) is 36.4 Å². The average molecular weight is 378 g/mol. The van der Waals surface area contributed by atoms with Crippen LogP contribution in [0.1, 0.15) is 31.7 Å². The van der Waals surface area contributed by atoms with E-state index in [4.69, 9.17) is 0 Å². The molecule has 2 aliphatic rings. The van der Waals surface area contributed by atoms with E-state index in [1.807, 2.05) is 18.2 Å². The smallest absolute Gasteiger partial charge is 0.228 e. The van der Waals surface area contributed by atoms with E-state index < -0.39 is 0 Å².